The summed E-state index contributed by atoms with van der Waals surface area (Å²) in [6, 6.07) is 13.2. The average molecular weight is 460 g/mol. The molecule has 1 fully saturated rings. The summed E-state index contributed by atoms with van der Waals surface area (Å²) in [6.07, 6.45) is 3.51. The third kappa shape index (κ3) is 7.05. The van der Waals surface area contributed by atoms with Crippen molar-refractivity contribution < 1.29 is 17.9 Å². The maximum atomic E-state index is 12.4. The first-order valence-electron chi connectivity index (χ1n) is 11.1. The van der Waals surface area contributed by atoms with Gasteiger partial charge in [0, 0.05) is 25.2 Å². The van der Waals surface area contributed by atoms with E-state index in [4.69, 9.17) is 4.74 Å². The van der Waals surface area contributed by atoms with E-state index < -0.39 is 10.0 Å². The second-order valence-electron chi connectivity index (χ2n) is 8.35. The zero-order valence-electron chi connectivity index (χ0n) is 18.8. The first-order chi connectivity index (χ1) is 15.4. The molecule has 1 amide bonds. The minimum Gasteiger partial charge on any atom is -0.497 e. The summed E-state index contributed by atoms with van der Waals surface area (Å²) < 4.78 is 32.5. The number of likely N-dealkylation sites (tertiary alicyclic amines) is 1. The van der Waals surface area contributed by atoms with E-state index in [0.29, 0.717) is 17.9 Å². The van der Waals surface area contributed by atoms with Gasteiger partial charge in [0.2, 0.25) is 10.0 Å². The molecule has 1 heterocycles. The summed E-state index contributed by atoms with van der Waals surface area (Å²) in [7, 11) is -2.10. The number of hydrogen-bond acceptors (Lipinski definition) is 5. The van der Waals surface area contributed by atoms with Gasteiger partial charge in [0.05, 0.1) is 12.0 Å². The van der Waals surface area contributed by atoms with Crippen LogP contribution in [0.25, 0.3) is 0 Å². The van der Waals surface area contributed by atoms with E-state index in [0.717, 1.165) is 37.5 Å². The first kappa shape index (κ1) is 24.2. The van der Waals surface area contributed by atoms with Crippen molar-refractivity contribution in [2.45, 2.75) is 37.6 Å². The highest BCUT2D eigenvalue weighted by molar-refractivity contribution is 7.89. The molecule has 1 aliphatic rings. The molecule has 1 atom stereocenters. The van der Waals surface area contributed by atoms with Crippen LogP contribution < -0.4 is 14.8 Å². The molecule has 0 spiro atoms. The van der Waals surface area contributed by atoms with E-state index in [-0.39, 0.29) is 17.3 Å². The fraction of sp³-hybridized carbons (Fsp3) is 0.458. The number of nitrogens with one attached hydrogen (secondary N) is 2. The molecule has 8 heteroatoms. The Bertz CT molecular complexity index is 975. The van der Waals surface area contributed by atoms with Gasteiger partial charge in [-0.3, -0.25) is 4.79 Å². The molecule has 32 heavy (non-hydrogen) atoms. The highest BCUT2D eigenvalue weighted by Crippen LogP contribution is 2.16. The fourth-order valence-electron chi connectivity index (χ4n) is 3.89. The summed E-state index contributed by atoms with van der Waals surface area (Å²) in [5, 5.41) is 2.97. The lowest BCUT2D eigenvalue weighted by Crippen LogP contribution is -2.36. The smallest absolute Gasteiger partial charge is 0.251 e. The molecule has 0 radical (unpaired) electrons. The van der Waals surface area contributed by atoms with Crippen molar-refractivity contribution in [2.24, 2.45) is 5.92 Å². The zero-order chi connectivity index (χ0) is 23.0. The Labute approximate surface area is 191 Å². The van der Waals surface area contributed by atoms with Crippen molar-refractivity contribution in [2.75, 3.05) is 33.3 Å². The maximum absolute atomic E-state index is 12.4. The topological polar surface area (TPSA) is 87.7 Å². The van der Waals surface area contributed by atoms with Gasteiger partial charge in [-0.1, -0.05) is 19.1 Å². The van der Waals surface area contributed by atoms with Gasteiger partial charge in [-0.25, -0.2) is 13.1 Å². The minimum atomic E-state index is -3.63. The van der Waals surface area contributed by atoms with Crippen LogP contribution in [0.15, 0.2) is 53.4 Å². The van der Waals surface area contributed by atoms with Crippen LogP contribution in [0.3, 0.4) is 0 Å². The van der Waals surface area contributed by atoms with Gasteiger partial charge in [-0.05, 0) is 80.2 Å². The fourth-order valence-corrected chi connectivity index (χ4v) is 4.90. The van der Waals surface area contributed by atoms with Crippen molar-refractivity contribution >= 4 is 15.9 Å². The summed E-state index contributed by atoms with van der Waals surface area (Å²) in [6.45, 7) is 6.40. The lowest BCUT2D eigenvalue weighted by atomic mass is 10.0. The van der Waals surface area contributed by atoms with E-state index in [1.165, 1.54) is 32.1 Å². The molecule has 1 aliphatic heterocycles. The molecule has 0 saturated carbocycles. The predicted molar refractivity (Wildman–Crippen MR) is 125 cm³/mol. The van der Waals surface area contributed by atoms with Gasteiger partial charge in [-0.15, -0.1) is 0 Å². The molecule has 2 aromatic carbocycles. The number of ether oxygens (including phenoxy) is 1. The monoisotopic (exact) mass is 459 g/mol. The van der Waals surface area contributed by atoms with Gasteiger partial charge < -0.3 is 15.0 Å². The lowest BCUT2D eigenvalue weighted by molar-refractivity contribution is 0.0950. The Morgan fingerprint density at radius 1 is 1.12 bits per heavy atom. The number of amides is 1. The lowest BCUT2D eigenvalue weighted by Gasteiger charge is -2.30. The minimum absolute atomic E-state index is 0.109. The van der Waals surface area contributed by atoms with Gasteiger partial charge in [-0.2, -0.15) is 0 Å². The molecule has 2 N–H and O–H groups in total. The highest BCUT2D eigenvalue weighted by Gasteiger charge is 2.16. The van der Waals surface area contributed by atoms with Crippen molar-refractivity contribution in [3.63, 3.8) is 0 Å². The Kier molecular flexibility index (Phi) is 8.67. The number of carbonyl (C=O) groups excluding carboxylic acids is 1. The van der Waals surface area contributed by atoms with Crippen molar-refractivity contribution in [3.05, 3.63) is 59.7 Å². The maximum Gasteiger partial charge on any atom is 0.251 e. The van der Waals surface area contributed by atoms with Crippen LogP contribution in [0.5, 0.6) is 5.75 Å². The van der Waals surface area contributed by atoms with Crippen LogP contribution in [0, 0.1) is 5.92 Å². The number of rotatable bonds is 10. The van der Waals surface area contributed by atoms with E-state index in [9.17, 15) is 13.2 Å². The molecule has 7 nitrogen and oxygen atoms in total. The number of benzene rings is 2. The third-order valence-electron chi connectivity index (χ3n) is 5.73. The molecular weight excluding hydrogens is 426 g/mol. The Morgan fingerprint density at radius 2 is 1.84 bits per heavy atom. The van der Waals surface area contributed by atoms with E-state index in [1.807, 2.05) is 0 Å². The third-order valence-corrected chi connectivity index (χ3v) is 7.15. The number of carbonyl (C=O) groups is 1. The number of hydrogen-bond donors (Lipinski definition) is 2. The second-order valence-corrected chi connectivity index (χ2v) is 10.1. The van der Waals surface area contributed by atoms with Crippen LogP contribution in [-0.2, 0) is 16.6 Å². The molecule has 0 unspecified atom stereocenters. The highest BCUT2D eigenvalue weighted by atomic mass is 32.2. The van der Waals surface area contributed by atoms with Crippen LogP contribution in [0.4, 0.5) is 0 Å². The van der Waals surface area contributed by atoms with E-state index in [1.54, 1.807) is 36.4 Å². The Morgan fingerprint density at radius 3 is 2.50 bits per heavy atom. The van der Waals surface area contributed by atoms with Crippen LogP contribution in [0.1, 0.15) is 42.1 Å². The van der Waals surface area contributed by atoms with Crippen molar-refractivity contribution in [3.8, 4) is 5.75 Å². The van der Waals surface area contributed by atoms with E-state index >= 15 is 0 Å². The van der Waals surface area contributed by atoms with Gasteiger partial charge in [0.1, 0.15) is 5.75 Å². The average Bonchev–Trinajstić information content (AvgIpc) is 2.81. The van der Waals surface area contributed by atoms with Crippen LogP contribution in [-0.4, -0.2) is 52.5 Å². The summed E-state index contributed by atoms with van der Waals surface area (Å²) in [5.74, 6) is 1.25. The molecular formula is C24H33N3O4S. The van der Waals surface area contributed by atoms with Crippen molar-refractivity contribution in [1.82, 2.24) is 14.9 Å². The molecule has 174 valence electrons. The van der Waals surface area contributed by atoms with Crippen LogP contribution >= 0.6 is 0 Å². The molecule has 1 saturated heterocycles. The Hall–Kier alpha value is -2.42. The van der Waals surface area contributed by atoms with E-state index in [2.05, 4.69) is 21.9 Å². The molecule has 2 aromatic rings. The summed E-state index contributed by atoms with van der Waals surface area (Å²) >= 11 is 0. The molecule has 0 aromatic heterocycles. The number of nitrogens with zero attached hydrogens (tertiary/aromatic N) is 1. The standard InChI is InChI=1S/C24H33N3O4S/c1-19-5-3-15-27(18-19)16-4-14-25-24(28)21-8-6-20(7-9-21)17-26-32(29,30)23-12-10-22(31-2)11-13-23/h6-13,19,26H,3-5,14-18H2,1-2H3,(H,25,28)/t19-/m0/s1. The van der Waals surface area contributed by atoms with Gasteiger partial charge in [0.25, 0.3) is 5.91 Å². The van der Waals surface area contributed by atoms with Gasteiger partial charge in [0.15, 0.2) is 0 Å². The van der Waals surface area contributed by atoms with Gasteiger partial charge >= 0.3 is 0 Å². The summed E-state index contributed by atoms with van der Waals surface area (Å²) in [4.78, 5) is 15.0. The van der Waals surface area contributed by atoms with Crippen molar-refractivity contribution in [1.29, 1.82) is 0 Å². The molecule has 3 rings (SSSR count). The largest absolute Gasteiger partial charge is 0.497 e. The normalized spacial score (nSPS) is 17.1. The first-order valence-corrected chi connectivity index (χ1v) is 12.6. The number of piperidine rings is 1. The quantitative estimate of drug-likeness (QED) is 0.533. The SMILES string of the molecule is COc1ccc(S(=O)(=O)NCc2ccc(C(=O)NCCCN3CCC[C@H](C)C3)cc2)cc1. The number of methoxy groups -OCH3 is 1. The predicted octanol–water partition coefficient (Wildman–Crippen LogP) is 3.03. The number of sulfonamides is 1. The second kappa shape index (κ2) is 11.4. The summed E-state index contributed by atoms with van der Waals surface area (Å²) in [5.41, 5.74) is 1.34. The molecule has 0 aliphatic carbocycles. The Balaban J connectivity index is 1.43. The van der Waals surface area contributed by atoms with Crippen LogP contribution in [0.2, 0.25) is 0 Å². The zero-order valence-corrected chi connectivity index (χ0v) is 19.7. The molecule has 0 bridgehead atoms.